The number of allylic oxidation sites excluding steroid dienone is 1. The molecular formula is C33H50N6O4. The Bertz CT molecular complexity index is 1130. The third kappa shape index (κ3) is 11.3. The number of carbonyl (C=O) groups excluding carboxylic acids is 3. The van der Waals surface area contributed by atoms with Crippen LogP contribution in [0.4, 0.5) is 0 Å². The number of aromatic nitrogens is 2. The van der Waals surface area contributed by atoms with Crippen molar-refractivity contribution in [3.05, 3.63) is 66.8 Å². The van der Waals surface area contributed by atoms with Crippen LogP contribution in [0, 0.1) is 23.7 Å². The number of carbonyl (C=O) groups is 3. The van der Waals surface area contributed by atoms with Crippen molar-refractivity contribution >= 4 is 17.7 Å². The number of aliphatic hydroxyl groups is 1. The molecule has 1 heterocycles. The van der Waals surface area contributed by atoms with E-state index < -0.39 is 41.8 Å². The van der Waals surface area contributed by atoms with Gasteiger partial charge in [-0.25, -0.2) is 10.8 Å². The Kier molecular flexibility index (Phi) is 13.9. The van der Waals surface area contributed by atoms with Gasteiger partial charge in [-0.1, -0.05) is 82.4 Å². The van der Waals surface area contributed by atoms with Crippen molar-refractivity contribution in [3.8, 4) is 0 Å². The number of nitrogens with two attached hydrogens (primary N) is 1. The summed E-state index contributed by atoms with van der Waals surface area (Å²) >= 11 is 0. The highest BCUT2D eigenvalue weighted by Gasteiger charge is 2.33. The number of rotatable bonds is 17. The predicted octanol–water partition coefficient (Wildman–Crippen LogP) is 3.34. The molecule has 1 aromatic carbocycles. The van der Waals surface area contributed by atoms with Crippen molar-refractivity contribution in [2.24, 2.45) is 29.5 Å². The fourth-order valence-electron chi connectivity index (χ4n) is 6.01. The van der Waals surface area contributed by atoms with Gasteiger partial charge in [0.1, 0.15) is 6.04 Å². The van der Waals surface area contributed by atoms with E-state index in [1.54, 1.807) is 6.20 Å². The lowest BCUT2D eigenvalue weighted by molar-refractivity contribution is -0.134. The molecule has 0 saturated heterocycles. The number of nitrogens with one attached hydrogen (secondary N) is 4. The topological polar surface area (TPSA) is 162 Å². The highest BCUT2D eigenvalue weighted by molar-refractivity contribution is 5.91. The van der Waals surface area contributed by atoms with Crippen molar-refractivity contribution in [2.45, 2.75) is 96.2 Å². The third-order valence-electron chi connectivity index (χ3n) is 8.67. The zero-order valence-corrected chi connectivity index (χ0v) is 25.6. The van der Waals surface area contributed by atoms with E-state index in [0.29, 0.717) is 36.8 Å². The molecule has 236 valence electrons. The molecule has 0 bridgehead atoms. The number of imidazole rings is 1. The standard InChI is InChI=1S/C33H50N6O4/c1-4-25(22(2)3)17-30(40)28(16-24-13-9-6-10-14-24)37-33(43)29(19-27-20-35-21-36-27)38-32(42)26(18-31(41)39-34)15-23-11-7-5-8-12-23/h4-5,7-8,11-12,20-22,24-26,28-30,40H,1,6,9-10,13-19,34H2,2-3H3,(H,35,36)(H,37,43)(H,38,42)(H,39,41)/t25-,26+,28-,29-,30+/m0/s1. The van der Waals surface area contributed by atoms with Gasteiger partial charge in [-0.2, -0.15) is 0 Å². The molecule has 0 spiro atoms. The van der Waals surface area contributed by atoms with Gasteiger partial charge in [-0.15, -0.1) is 6.58 Å². The van der Waals surface area contributed by atoms with E-state index in [1.165, 1.54) is 12.7 Å². The Morgan fingerprint density at radius 2 is 1.81 bits per heavy atom. The molecule has 1 saturated carbocycles. The second-order valence-electron chi connectivity index (χ2n) is 12.3. The molecule has 3 amide bonds. The SMILES string of the molecule is C=C[C@@H](C[C@@H](O)[C@H](CC1CCCCC1)NC(=O)[C@H](Cc1c[nH]cn1)NC(=O)[C@@H](CC(=O)NN)Cc1ccccc1)C(C)C. The lowest BCUT2D eigenvalue weighted by Gasteiger charge is -2.33. The average molecular weight is 595 g/mol. The van der Waals surface area contributed by atoms with Crippen LogP contribution in [0.2, 0.25) is 0 Å². The lowest BCUT2D eigenvalue weighted by Crippen LogP contribution is -2.55. The van der Waals surface area contributed by atoms with Crippen molar-refractivity contribution in [3.63, 3.8) is 0 Å². The maximum atomic E-state index is 13.9. The van der Waals surface area contributed by atoms with Crippen LogP contribution >= 0.6 is 0 Å². The van der Waals surface area contributed by atoms with Gasteiger partial charge in [0.2, 0.25) is 17.7 Å². The molecule has 5 atom stereocenters. The first kappa shape index (κ1) is 34.0. The Hall–Kier alpha value is -3.50. The number of amides is 3. The number of aromatic amines is 1. The van der Waals surface area contributed by atoms with E-state index in [2.05, 4.69) is 46.5 Å². The molecular weight excluding hydrogens is 544 g/mol. The molecule has 43 heavy (non-hydrogen) atoms. The zero-order valence-electron chi connectivity index (χ0n) is 25.6. The molecule has 2 aromatic rings. The van der Waals surface area contributed by atoms with E-state index in [9.17, 15) is 19.5 Å². The van der Waals surface area contributed by atoms with Gasteiger partial charge in [0.05, 0.1) is 30.1 Å². The number of hydrazine groups is 1. The van der Waals surface area contributed by atoms with Gasteiger partial charge < -0.3 is 20.7 Å². The zero-order chi connectivity index (χ0) is 31.2. The minimum Gasteiger partial charge on any atom is -0.391 e. The second-order valence-corrected chi connectivity index (χ2v) is 12.3. The molecule has 0 unspecified atom stereocenters. The molecule has 1 aliphatic carbocycles. The average Bonchev–Trinajstić information content (AvgIpc) is 3.52. The van der Waals surface area contributed by atoms with E-state index in [1.807, 2.05) is 36.4 Å². The van der Waals surface area contributed by atoms with Crippen LogP contribution in [-0.4, -0.2) is 51.0 Å². The van der Waals surface area contributed by atoms with Gasteiger partial charge >= 0.3 is 0 Å². The third-order valence-corrected chi connectivity index (χ3v) is 8.67. The lowest BCUT2D eigenvalue weighted by atomic mass is 9.81. The molecule has 0 aliphatic heterocycles. The molecule has 1 aromatic heterocycles. The Morgan fingerprint density at radius 1 is 1.09 bits per heavy atom. The number of hydrogen-bond donors (Lipinski definition) is 6. The van der Waals surface area contributed by atoms with Gasteiger partial charge in [0, 0.05) is 19.0 Å². The highest BCUT2D eigenvalue weighted by atomic mass is 16.3. The first-order valence-corrected chi connectivity index (χ1v) is 15.6. The molecule has 10 nitrogen and oxygen atoms in total. The largest absolute Gasteiger partial charge is 0.391 e. The van der Waals surface area contributed by atoms with Gasteiger partial charge in [-0.05, 0) is 42.6 Å². The highest BCUT2D eigenvalue weighted by Crippen LogP contribution is 2.30. The van der Waals surface area contributed by atoms with Gasteiger partial charge in [0.25, 0.3) is 0 Å². The molecule has 1 fully saturated rings. The van der Waals surface area contributed by atoms with Crippen LogP contribution < -0.4 is 21.9 Å². The van der Waals surface area contributed by atoms with Crippen molar-refractivity contribution in [2.75, 3.05) is 0 Å². The van der Waals surface area contributed by atoms with Crippen LogP contribution in [0.1, 0.15) is 76.5 Å². The summed E-state index contributed by atoms with van der Waals surface area (Å²) in [6.45, 7) is 8.15. The first-order valence-electron chi connectivity index (χ1n) is 15.6. The Morgan fingerprint density at radius 3 is 2.42 bits per heavy atom. The quantitative estimate of drug-likeness (QED) is 0.0712. The molecule has 3 rings (SSSR count). The maximum absolute atomic E-state index is 13.9. The number of hydrogen-bond acceptors (Lipinski definition) is 6. The molecule has 0 radical (unpaired) electrons. The molecule has 7 N–H and O–H groups in total. The van der Waals surface area contributed by atoms with Gasteiger partial charge in [0.15, 0.2) is 0 Å². The monoisotopic (exact) mass is 594 g/mol. The summed E-state index contributed by atoms with van der Waals surface area (Å²) in [5.74, 6) is 4.12. The maximum Gasteiger partial charge on any atom is 0.243 e. The van der Waals surface area contributed by atoms with Crippen molar-refractivity contribution in [1.82, 2.24) is 26.0 Å². The predicted molar refractivity (Wildman–Crippen MR) is 167 cm³/mol. The van der Waals surface area contributed by atoms with Crippen molar-refractivity contribution < 1.29 is 19.5 Å². The van der Waals surface area contributed by atoms with Crippen LogP contribution in [-0.2, 0) is 27.2 Å². The minimum atomic E-state index is -0.962. The minimum absolute atomic E-state index is 0.104. The summed E-state index contributed by atoms with van der Waals surface area (Å²) in [4.78, 5) is 46.9. The summed E-state index contributed by atoms with van der Waals surface area (Å²) in [5.41, 5.74) is 3.60. The van der Waals surface area contributed by atoms with E-state index >= 15 is 0 Å². The Balaban J connectivity index is 1.81. The van der Waals surface area contributed by atoms with Crippen molar-refractivity contribution in [1.29, 1.82) is 0 Å². The fraction of sp³-hybridized carbons (Fsp3) is 0.576. The first-order chi connectivity index (χ1) is 20.7. The number of nitrogens with zero attached hydrogens (tertiary/aromatic N) is 1. The summed E-state index contributed by atoms with van der Waals surface area (Å²) < 4.78 is 0. The molecule has 10 heteroatoms. The van der Waals surface area contributed by atoms with Crippen LogP contribution in [0.3, 0.4) is 0 Å². The number of H-pyrrole nitrogens is 1. The second kappa shape index (κ2) is 17.6. The van der Waals surface area contributed by atoms with E-state index in [4.69, 9.17) is 5.84 Å². The number of aliphatic hydroxyl groups excluding tert-OH is 1. The Labute approximate surface area is 255 Å². The summed E-state index contributed by atoms with van der Waals surface area (Å²) in [6.07, 6.45) is 11.5. The summed E-state index contributed by atoms with van der Waals surface area (Å²) in [5, 5.41) is 17.4. The fourth-order valence-corrected chi connectivity index (χ4v) is 6.01. The van der Waals surface area contributed by atoms with E-state index in [-0.39, 0.29) is 18.8 Å². The van der Waals surface area contributed by atoms with Crippen LogP contribution in [0.25, 0.3) is 0 Å². The van der Waals surface area contributed by atoms with Crippen LogP contribution in [0.5, 0.6) is 0 Å². The van der Waals surface area contributed by atoms with E-state index in [0.717, 1.165) is 31.2 Å². The summed E-state index contributed by atoms with van der Waals surface area (Å²) in [7, 11) is 0. The number of benzene rings is 1. The molecule has 1 aliphatic rings. The van der Waals surface area contributed by atoms with Crippen LogP contribution in [0.15, 0.2) is 55.5 Å². The smallest absolute Gasteiger partial charge is 0.243 e. The summed E-state index contributed by atoms with van der Waals surface area (Å²) in [6, 6.07) is 7.96. The van der Waals surface area contributed by atoms with Gasteiger partial charge in [-0.3, -0.25) is 19.8 Å². The normalized spacial score (nSPS) is 17.3.